The first-order valence-corrected chi connectivity index (χ1v) is 16.4. The Bertz CT molecular complexity index is 1210. The summed E-state index contributed by atoms with van der Waals surface area (Å²) >= 11 is 0. The van der Waals surface area contributed by atoms with Gasteiger partial charge >= 0.3 is 6.09 Å². The second-order valence-corrected chi connectivity index (χ2v) is 16.3. The van der Waals surface area contributed by atoms with Gasteiger partial charge in [-0.2, -0.15) is 0 Å². The van der Waals surface area contributed by atoms with Crippen LogP contribution in [0.25, 0.3) is 0 Å². The molecule has 1 aromatic heterocycles. The van der Waals surface area contributed by atoms with Gasteiger partial charge in [-0.1, -0.05) is 41.2 Å². The number of ether oxygens (including phenoxy) is 1. The lowest BCUT2D eigenvalue weighted by Crippen LogP contribution is -2.66. The second kappa shape index (κ2) is 9.67. The maximum Gasteiger partial charge on any atom is 0.416 e. The number of aliphatic hydroxyl groups is 1. The van der Waals surface area contributed by atoms with E-state index in [0.717, 1.165) is 38.5 Å². The molecule has 5 aliphatic carbocycles. The van der Waals surface area contributed by atoms with E-state index in [4.69, 9.17) is 4.74 Å². The lowest BCUT2D eigenvalue weighted by Gasteiger charge is -2.73. The molecule has 0 saturated heterocycles. The van der Waals surface area contributed by atoms with Gasteiger partial charge in [0.1, 0.15) is 5.82 Å². The Hall–Kier alpha value is -1.66. The third kappa shape index (κ3) is 3.94. The standard InChI is InChI=1S/C35H54N2O4/c1-22(21-41-7)23-10-15-35(20-28-36-18-19-37(28)30(39)40)17-16-33(5)24(29(23)35)8-9-26-32(4)13-12-27(38)31(2,3)25(32)11-14-34(26,33)6/h18-19,23-27,29,38H,1,8-17,20-21H2,2-7H3,(H,39,40)/t23-,24+,25-,26?,27-,29+,32-,33+,34+,35+/m0/s1. The summed E-state index contributed by atoms with van der Waals surface area (Å²) in [7, 11) is 1.77. The van der Waals surface area contributed by atoms with E-state index in [1.54, 1.807) is 19.5 Å². The maximum absolute atomic E-state index is 12.0. The summed E-state index contributed by atoms with van der Waals surface area (Å²) in [5.41, 5.74) is 1.96. The molecule has 5 fully saturated rings. The van der Waals surface area contributed by atoms with Crippen LogP contribution in [0.1, 0.15) is 105 Å². The van der Waals surface area contributed by atoms with E-state index in [2.05, 4.69) is 46.2 Å². The van der Waals surface area contributed by atoms with E-state index in [1.807, 2.05) is 0 Å². The lowest BCUT2D eigenvalue weighted by molar-refractivity contribution is -0.247. The van der Waals surface area contributed by atoms with E-state index in [1.165, 1.54) is 42.2 Å². The molecule has 0 aliphatic heterocycles. The predicted molar refractivity (Wildman–Crippen MR) is 161 cm³/mol. The van der Waals surface area contributed by atoms with Crippen molar-refractivity contribution < 1.29 is 19.7 Å². The molecule has 5 aliphatic rings. The van der Waals surface area contributed by atoms with Crippen LogP contribution in [-0.4, -0.2) is 45.7 Å². The van der Waals surface area contributed by atoms with Crippen LogP contribution in [0.2, 0.25) is 0 Å². The Kier molecular flexibility index (Phi) is 6.94. The lowest BCUT2D eigenvalue weighted by atomic mass is 9.32. The third-order valence-corrected chi connectivity index (χ3v) is 14.9. The fourth-order valence-corrected chi connectivity index (χ4v) is 12.7. The molecule has 5 saturated carbocycles. The van der Waals surface area contributed by atoms with Crippen molar-refractivity contribution in [2.75, 3.05) is 13.7 Å². The van der Waals surface area contributed by atoms with Gasteiger partial charge in [-0.05, 0) is 126 Å². The van der Waals surface area contributed by atoms with E-state index in [0.29, 0.717) is 42.0 Å². The van der Waals surface area contributed by atoms with Crippen LogP contribution in [0.5, 0.6) is 0 Å². The minimum Gasteiger partial charge on any atom is -0.464 e. The number of aromatic nitrogens is 2. The summed E-state index contributed by atoms with van der Waals surface area (Å²) in [5.74, 6) is 3.38. The highest BCUT2D eigenvalue weighted by molar-refractivity contribution is 5.68. The quantitative estimate of drug-likeness (QED) is 0.359. The third-order valence-electron chi connectivity index (χ3n) is 14.9. The molecule has 2 N–H and O–H groups in total. The van der Waals surface area contributed by atoms with Crippen molar-refractivity contribution in [1.82, 2.24) is 9.55 Å². The molecule has 6 rings (SSSR count). The molecule has 228 valence electrons. The molecule has 0 bridgehead atoms. The van der Waals surface area contributed by atoms with Gasteiger partial charge in [-0.3, -0.25) is 0 Å². The minimum absolute atomic E-state index is 0.0334. The molecule has 0 spiro atoms. The highest BCUT2D eigenvalue weighted by atomic mass is 16.5. The number of hydrogen-bond acceptors (Lipinski definition) is 4. The van der Waals surface area contributed by atoms with Gasteiger partial charge in [0.15, 0.2) is 0 Å². The number of carboxylic acid groups (broad SMARTS) is 1. The Morgan fingerprint density at radius 2 is 1.76 bits per heavy atom. The smallest absolute Gasteiger partial charge is 0.416 e. The van der Waals surface area contributed by atoms with Crippen LogP contribution in [0.15, 0.2) is 24.5 Å². The average molecular weight is 567 g/mol. The highest BCUT2D eigenvalue weighted by Crippen LogP contribution is 2.77. The molecule has 0 aromatic carbocycles. The van der Waals surface area contributed by atoms with Crippen molar-refractivity contribution in [1.29, 1.82) is 0 Å². The first-order chi connectivity index (χ1) is 19.2. The monoisotopic (exact) mass is 566 g/mol. The summed E-state index contributed by atoms with van der Waals surface area (Å²) in [6.45, 7) is 17.7. The highest BCUT2D eigenvalue weighted by Gasteiger charge is 2.70. The number of nitrogens with zero attached hydrogens (tertiary/aromatic N) is 2. The number of imidazole rings is 1. The molecule has 6 heteroatoms. The van der Waals surface area contributed by atoms with Crippen LogP contribution in [0.3, 0.4) is 0 Å². The molecule has 41 heavy (non-hydrogen) atoms. The van der Waals surface area contributed by atoms with Crippen LogP contribution in [0, 0.1) is 56.7 Å². The number of aliphatic hydroxyl groups excluding tert-OH is 1. The van der Waals surface area contributed by atoms with Crippen LogP contribution >= 0.6 is 0 Å². The molecular weight excluding hydrogens is 512 g/mol. The van der Waals surface area contributed by atoms with Crippen molar-refractivity contribution in [3.05, 3.63) is 30.4 Å². The number of carbonyl (C=O) groups is 1. The van der Waals surface area contributed by atoms with Crippen molar-refractivity contribution in [2.24, 2.45) is 56.7 Å². The number of methoxy groups -OCH3 is 1. The van der Waals surface area contributed by atoms with Crippen LogP contribution in [0.4, 0.5) is 4.79 Å². The van der Waals surface area contributed by atoms with Gasteiger partial charge in [-0.25, -0.2) is 14.3 Å². The summed E-state index contributed by atoms with van der Waals surface area (Å²) in [5, 5.41) is 20.9. The molecule has 6 nitrogen and oxygen atoms in total. The summed E-state index contributed by atoms with van der Waals surface area (Å²) in [6, 6.07) is 0. The van der Waals surface area contributed by atoms with Crippen LogP contribution < -0.4 is 0 Å². The minimum atomic E-state index is -0.942. The zero-order valence-electron chi connectivity index (χ0n) is 26.4. The summed E-state index contributed by atoms with van der Waals surface area (Å²) in [4.78, 5) is 16.6. The van der Waals surface area contributed by atoms with Gasteiger partial charge < -0.3 is 14.9 Å². The van der Waals surface area contributed by atoms with Gasteiger partial charge in [-0.15, -0.1) is 0 Å². The van der Waals surface area contributed by atoms with Crippen molar-refractivity contribution in [2.45, 2.75) is 111 Å². The normalized spacial score (nSPS) is 46.6. The number of fused-ring (bicyclic) bond motifs is 7. The van der Waals surface area contributed by atoms with Crippen molar-refractivity contribution >= 4 is 6.09 Å². The van der Waals surface area contributed by atoms with Crippen molar-refractivity contribution in [3.63, 3.8) is 0 Å². The molecule has 10 atom stereocenters. The Morgan fingerprint density at radius 1 is 1.00 bits per heavy atom. The fourth-order valence-electron chi connectivity index (χ4n) is 12.7. The average Bonchev–Trinajstić information content (AvgIpc) is 3.52. The molecule has 1 unspecified atom stereocenters. The predicted octanol–water partition coefficient (Wildman–Crippen LogP) is 7.60. The molecule has 1 aromatic rings. The van der Waals surface area contributed by atoms with Gasteiger partial charge in [0.25, 0.3) is 0 Å². The maximum atomic E-state index is 12.0. The van der Waals surface area contributed by atoms with Crippen molar-refractivity contribution in [3.8, 4) is 0 Å². The van der Waals surface area contributed by atoms with Gasteiger partial charge in [0.2, 0.25) is 0 Å². The van der Waals surface area contributed by atoms with Gasteiger partial charge in [0, 0.05) is 25.9 Å². The van der Waals surface area contributed by atoms with Crippen LogP contribution in [-0.2, 0) is 11.2 Å². The number of rotatable bonds is 5. The van der Waals surface area contributed by atoms with E-state index >= 15 is 0 Å². The molecular formula is C35H54N2O4. The molecule has 0 radical (unpaired) electrons. The largest absolute Gasteiger partial charge is 0.464 e. The van der Waals surface area contributed by atoms with E-state index < -0.39 is 6.09 Å². The zero-order valence-corrected chi connectivity index (χ0v) is 26.4. The zero-order chi connectivity index (χ0) is 29.6. The second-order valence-electron chi connectivity index (χ2n) is 16.3. The summed E-state index contributed by atoms with van der Waals surface area (Å²) in [6.07, 6.45) is 14.4. The first kappa shape index (κ1) is 29.4. The SMILES string of the molecule is C=C(COC)[C@@H]1CC[C@]2(Cc3nccn3C(=O)O)CC[C@]3(C)[C@H](CCC4[C@@]5(C)CC[C@H](O)C(C)(C)[C@@H]5CC[C@]43C)[C@@H]12. The van der Waals surface area contributed by atoms with Gasteiger partial charge in [0.05, 0.1) is 12.7 Å². The Morgan fingerprint density at radius 3 is 2.46 bits per heavy atom. The first-order valence-electron chi connectivity index (χ1n) is 16.4. The Balaban J connectivity index is 1.39. The summed E-state index contributed by atoms with van der Waals surface area (Å²) < 4.78 is 6.98. The Labute approximate surface area is 247 Å². The topological polar surface area (TPSA) is 84.6 Å². The number of hydrogen-bond donors (Lipinski definition) is 2. The molecule has 0 amide bonds. The molecule has 1 heterocycles. The fraction of sp³-hybridized carbons (Fsp3) is 0.829. The van der Waals surface area contributed by atoms with E-state index in [9.17, 15) is 15.0 Å². The van der Waals surface area contributed by atoms with E-state index in [-0.39, 0.29) is 33.2 Å².